The Labute approximate surface area is 106 Å². The Kier molecular flexibility index (Phi) is 3.41. The minimum Gasteiger partial charge on any atom is -0.381 e. The molecule has 1 atom stereocenters. The van der Waals surface area contributed by atoms with Gasteiger partial charge in [0.05, 0.1) is 11.3 Å². The van der Waals surface area contributed by atoms with Crippen molar-refractivity contribution in [1.82, 2.24) is 4.98 Å². The molecule has 18 heavy (non-hydrogen) atoms. The zero-order valence-electron chi connectivity index (χ0n) is 9.40. The van der Waals surface area contributed by atoms with Gasteiger partial charge in [0.1, 0.15) is 6.10 Å². The smallest absolute Gasteiger partial charge is 0.381 e. The van der Waals surface area contributed by atoms with Crippen LogP contribution in [-0.2, 0) is 6.18 Å². The van der Waals surface area contributed by atoms with Crippen LogP contribution in [0.5, 0.6) is 0 Å². The Bertz CT molecular complexity index is 533. The summed E-state index contributed by atoms with van der Waals surface area (Å²) in [5.41, 5.74) is -0.606. The molecule has 0 aliphatic carbocycles. The molecule has 2 aromatic heterocycles. The van der Waals surface area contributed by atoms with E-state index in [0.29, 0.717) is 4.88 Å². The van der Waals surface area contributed by atoms with E-state index in [1.807, 2.05) is 13.0 Å². The van der Waals surface area contributed by atoms with Crippen molar-refractivity contribution in [3.8, 4) is 0 Å². The van der Waals surface area contributed by atoms with Crippen LogP contribution in [0.4, 0.5) is 13.2 Å². The summed E-state index contributed by atoms with van der Waals surface area (Å²) in [5, 5.41) is 9.97. The highest BCUT2D eigenvalue weighted by atomic mass is 32.1. The molecular formula is C12H10F3NOS. The van der Waals surface area contributed by atoms with E-state index in [9.17, 15) is 18.3 Å². The summed E-state index contributed by atoms with van der Waals surface area (Å²) < 4.78 is 37.0. The molecule has 0 saturated carbocycles. The fourth-order valence-electron chi connectivity index (χ4n) is 1.48. The van der Waals surface area contributed by atoms with Gasteiger partial charge < -0.3 is 5.11 Å². The fraction of sp³-hybridized carbons (Fsp3) is 0.250. The summed E-state index contributed by atoms with van der Waals surface area (Å²) in [6.07, 6.45) is -4.65. The van der Waals surface area contributed by atoms with Crippen molar-refractivity contribution in [3.63, 3.8) is 0 Å². The summed E-state index contributed by atoms with van der Waals surface area (Å²) in [7, 11) is 0. The molecule has 0 aromatic carbocycles. The number of hydrogen-bond acceptors (Lipinski definition) is 3. The van der Waals surface area contributed by atoms with Crippen molar-refractivity contribution < 1.29 is 18.3 Å². The van der Waals surface area contributed by atoms with Crippen LogP contribution < -0.4 is 0 Å². The summed E-state index contributed by atoms with van der Waals surface area (Å²) in [5.74, 6) is 0. The monoisotopic (exact) mass is 273 g/mol. The van der Waals surface area contributed by atoms with Gasteiger partial charge in [-0.15, -0.1) is 11.3 Å². The number of thiophene rings is 1. The molecule has 0 fully saturated rings. The van der Waals surface area contributed by atoms with E-state index in [2.05, 4.69) is 4.98 Å². The van der Waals surface area contributed by atoms with Crippen molar-refractivity contribution >= 4 is 11.3 Å². The van der Waals surface area contributed by atoms with Crippen LogP contribution in [0.2, 0.25) is 0 Å². The van der Waals surface area contributed by atoms with Crippen molar-refractivity contribution in [2.24, 2.45) is 0 Å². The van der Waals surface area contributed by atoms with Crippen LogP contribution in [0.3, 0.4) is 0 Å². The van der Waals surface area contributed by atoms with E-state index >= 15 is 0 Å². The predicted molar refractivity (Wildman–Crippen MR) is 62.4 cm³/mol. The normalized spacial score (nSPS) is 13.6. The van der Waals surface area contributed by atoms with Crippen LogP contribution in [0.1, 0.15) is 27.1 Å². The van der Waals surface area contributed by atoms with Gasteiger partial charge in [-0.25, -0.2) is 0 Å². The maximum atomic E-state index is 12.3. The molecule has 2 rings (SSSR count). The number of aliphatic hydroxyl groups is 1. The lowest BCUT2D eigenvalue weighted by molar-refractivity contribution is -0.137. The first-order valence-electron chi connectivity index (χ1n) is 5.15. The molecule has 1 unspecified atom stereocenters. The summed E-state index contributed by atoms with van der Waals surface area (Å²) in [6, 6.07) is 5.70. The standard InChI is InChI=1S/C12H10F3NOS/c1-7-2-5-10(18-7)11(17)9-4-3-8(6-16-9)12(13,14)15/h2-6,11,17H,1H3. The largest absolute Gasteiger partial charge is 0.417 e. The summed E-state index contributed by atoms with van der Waals surface area (Å²) >= 11 is 1.39. The lowest BCUT2D eigenvalue weighted by atomic mass is 10.1. The van der Waals surface area contributed by atoms with E-state index in [-0.39, 0.29) is 5.69 Å². The number of aliphatic hydroxyl groups excluding tert-OH is 1. The molecule has 0 aliphatic rings. The van der Waals surface area contributed by atoms with E-state index in [4.69, 9.17) is 0 Å². The van der Waals surface area contributed by atoms with Gasteiger partial charge in [-0.3, -0.25) is 4.98 Å². The third-order valence-electron chi connectivity index (χ3n) is 2.42. The molecule has 2 nitrogen and oxygen atoms in total. The highest BCUT2D eigenvalue weighted by molar-refractivity contribution is 7.12. The number of hydrogen-bond donors (Lipinski definition) is 1. The highest BCUT2D eigenvalue weighted by Crippen LogP contribution is 2.31. The Hall–Kier alpha value is -1.40. The number of aromatic nitrogens is 1. The van der Waals surface area contributed by atoms with Gasteiger partial charge in [-0.05, 0) is 31.2 Å². The van der Waals surface area contributed by atoms with Gasteiger partial charge in [-0.2, -0.15) is 13.2 Å². The molecule has 0 saturated heterocycles. The lowest BCUT2D eigenvalue weighted by Gasteiger charge is -2.10. The van der Waals surface area contributed by atoms with Gasteiger partial charge in [0, 0.05) is 16.0 Å². The van der Waals surface area contributed by atoms with E-state index in [1.165, 1.54) is 17.4 Å². The first-order chi connectivity index (χ1) is 8.38. The van der Waals surface area contributed by atoms with Crippen LogP contribution in [0.25, 0.3) is 0 Å². The molecule has 0 radical (unpaired) electrons. The number of rotatable bonds is 2. The first-order valence-corrected chi connectivity index (χ1v) is 5.97. The summed E-state index contributed by atoms with van der Waals surface area (Å²) in [6.45, 7) is 1.89. The van der Waals surface area contributed by atoms with Gasteiger partial charge in [0.15, 0.2) is 0 Å². The Morgan fingerprint density at radius 1 is 1.22 bits per heavy atom. The van der Waals surface area contributed by atoms with Crippen LogP contribution in [0, 0.1) is 6.92 Å². The van der Waals surface area contributed by atoms with E-state index in [1.54, 1.807) is 6.07 Å². The van der Waals surface area contributed by atoms with Gasteiger partial charge in [0.2, 0.25) is 0 Å². The Morgan fingerprint density at radius 2 is 1.94 bits per heavy atom. The second kappa shape index (κ2) is 4.70. The number of nitrogens with zero attached hydrogens (tertiary/aromatic N) is 1. The average Bonchev–Trinajstić information content (AvgIpc) is 2.74. The topological polar surface area (TPSA) is 33.1 Å². The molecule has 2 aromatic rings. The van der Waals surface area contributed by atoms with Crippen molar-refractivity contribution in [2.75, 3.05) is 0 Å². The molecule has 1 N–H and O–H groups in total. The third kappa shape index (κ3) is 2.70. The fourth-order valence-corrected chi connectivity index (χ4v) is 2.36. The maximum absolute atomic E-state index is 12.3. The SMILES string of the molecule is Cc1ccc(C(O)c2ccc(C(F)(F)F)cn2)s1. The second-order valence-corrected chi connectivity index (χ2v) is 5.14. The number of aryl methyl sites for hydroxylation is 1. The molecular weight excluding hydrogens is 263 g/mol. The number of halogens is 3. The van der Waals surface area contributed by atoms with Crippen molar-refractivity contribution in [1.29, 1.82) is 0 Å². The Morgan fingerprint density at radius 3 is 2.39 bits per heavy atom. The Balaban J connectivity index is 2.24. The minimum absolute atomic E-state index is 0.213. The molecule has 96 valence electrons. The predicted octanol–water partition coefficient (Wildman–Crippen LogP) is 3.55. The van der Waals surface area contributed by atoms with Crippen LogP contribution in [0.15, 0.2) is 30.5 Å². The molecule has 0 amide bonds. The zero-order valence-corrected chi connectivity index (χ0v) is 10.2. The van der Waals surface area contributed by atoms with Crippen molar-refractivity contribution in [2.45, 2.75) is 19.2 Å². The minimum atomic E-state index is -4.41. The number of alkyl halides is 3. The number of pyridine rings is 1. The molecule has 0 aliphatic heterocycles. The molecule has 2 heterocycles. The van der Waals surface area contributed by atoms with Gasteiger partial charge in [0.25, 0.3) is 0 Å². The van der Waals surface area contributed by atoms with Crippen LogP contribution in [-0.4, -0.2) is 10.1 Å². The first kappa shape index (κ1) is 13.0. The molecule has 0 bridgehead atoms. The van der Waals surface area contributed by atoms with Gasteiger partial charge >= 0.3 is 6.18 Å². The lowest BCUT2D eigenvalue weighted by Crippen LogP contribution is -2.07. The quantitative estimate of drug-likeness (QED) is 0.907. The highest BCUT2D eigenvalue weighted by Gasteiger charge is 2.31. The second-order valence-electron chi connectivity index (χ2n) is 3.82. The van der Waals surface area contributed by atoms with Crippen molar-refractivity contribution in [3.05, 3.63) is 51.5 Å². The van der Waals surface area contributed by atoms with Crippen LogP contribution >= 0.6 is 11.3 Å². The van der Waals surface area contributed by atoms with Gasteiger partial charge in [-0.1, -0.05) is 0 Å². The van der Waals surface area contributed by atoms with E-state index in [0.717, 1.165) is 17.1 Å². The van der Waals surface area contributed by atoms with E-state index < -0.39 is 17.8 Å². The molecule has 0 spiro atoms. The average molecular weight is 273 g/mol. The third-order valence-corrected chi connectivity index (χ3v) is 3.48. The summed E-state index contributed by atoms with van der Waals surface area (Å²) in [4.78, 5) is 5.36. The maximum Gasteiger partial charge on any atom is 0.417 e. The zero-order chi connectivity index (χ0) is 13.3. The molecule has 6 heteroatoms.